The molecule has 1 aliphatic rings. The molecule has 2 aromatic rings. The van der Waals surface area contributed by atoms with Crippen LogP contribution in [0.25, 0.3) is 0 Å². The normalized spacial score (nSPS) is 17.5. The first kappa shape index (κ1) is 17.5. The molecule has 0 unspecified atom stereocenters. The highest BCUT2D eigenvalue weighted by molar-refractivity contribution is 7.98. The number of rotatable bonds is 5. The summed E-state index contributed by atoms with van der Waals surface area (Å²) in [6.07, 6.45) is 1.75. The average Bonchev–Trinajstić information content (AvgIpc) is 2.61. The Bertz CT molecular complexity index is 767. The van der Waals surface area contributed by atoms with Crippen molar-refractivity contribution in [2.24, 2.45) is 11.7 Å². The predicted molar refractivity (Wildman–Crippen MR) is 101 cm³/mol. The lowest BCUT2D eigenvalue weighted by atomic mass is 9.97. The van der Waals surface area contributed by atoms with Gasteiger partial charge in [0.15, 0.2) is 5.16 Å². The third kappa shape index (κ3) is 4.42. The highest BCUT2D eigenvalue weighted by Crippen LogP contribution is 2.27. The fraction of sp³-hybridized carbons (Fsp3) is 0.389. The third-order valence-corrected chi connectivity index (χ3v) is 5.37. The van der Waals surface area contributed by atoms with Gasteiger partial charge in [0, 0.05) is 24.9 Å². The van der Waals surface area contributed by atoms with E-state index in [1.165, 1.54) is 11.1 Å². The number of amides is 1. The molecule has 1 aromatic carbocycles. The molecule has 0 spiro atoms. The van der Waals surface area contributed by atoms with Gasteiger partial charge < -0.3 is 16.4 Å². The molecule has 0 aliphatic carbocycles. The van der Waals surface area contributed by atoms with E-state index in [2.05, 4.69) is 33.9 Å². The van der Waals surface area contributed by atoms with Crippen molar-refractivity contribution in [3.05, 3.63) is 41.5 Å². The number of carbonyl (C=O) groups excluding carboxylic acids is 1. The predicted octanol–water partition coefficient (Wildman–Crippen LogP) is 2.36. The lowest BCUT2D eigenvalue weighted by Crippen LogP contribution is -2.41. The van der Waals surface area contributed by atoms with E-state index in [1.807, 2.05) is 12.1 Å². The summed E-state index contributed by atoms with van der Waals surface area (Å²) in [6, 6.07) is 10.0. The van der Waals surface area contributed by atoms with Crippen molar-refractivity contribution in [2.45, 2.75) is 30.7 Å². The van der Waals surface area contributed by atoms with Crippen LogP contribution in [0.5, 0.6) is 0 Å². The molecule has 3 rings (SSSR count). The number of primary amides is 1. The number of nitrogens with two attached hydrogens (primary N) is 2. The number of hydrogen-bond donors (Lipinski definition) is 2. The first-order valence-electron chi connectivity index (χ1n) is 8.39. The number of thioether (sulfide) groups is 1. The molecular formula is C18H23N5OS. The molecule has 25 heavy (non-hydrogen) atoms. The maximum atomic E-state index is 11.5. The van der Waals surface area contributed by atoms with Gasteiger partial charge in [0.2, 0.25) is 5.91 Å². The zero-order chi connectivity index (χ0) is 17.8. The molecule has 0 saturated carbocycles. The largest absolute Gasteiger partial charge is 0.383 e. The molecule has 0 bridgehead atoms. The van der Waals surface area contributed by atoms with Crippen molar-refractivity contribution in [3.8, 4) is 0 Å². The maximum Gasteiger partial charge on any atom is 0.222 e. The molecule has 1 atom stereocenters. The second kappa shape index (κ2) is 7.74. The van der Waals surface area contributed by atoms with Crippen LogP contribution in [0.4, 0.5) is 11.6 Å². The van der Waals surface area contributed by atoms with E-state index in [0.29, 0.717) is 17.5 Å². The minimum Gasteiger partial charge on any atom is -0.383 e. The monoisotopic (exact) mass is 357 g/mol. The molecule has 1 amide bonds. The van der Waals surface area contributed by atoms with Gasteiger partial charge in [-0.2, -0.15) is 0 Å². The van der Waals surface area contributed by atoms with Crippen LogP contribution in [-0.4, -0.2) is 29.0 Å². The summed E-state index contributed by atoms with van der Waals surface area (Å²) >= 11 is 1.57. The van der Waals surface area contributed by atoms with Crippen molar-refractivity contribution < 1.29 is 4.79 Å². The van der Waals surface area contributed by atoms with Gasteiger partial charge in [-0.1, -0.05) is 36.0 Å². The number of nitrogens with zero attached hydrogens (tertiary/aromatic N) is 3. The molecule has 1 aliphatic heterocycles. The lowest BCUT2D eigenvalue weighted by Gasteiger charge is -2.32. The standard InChI is InChI=1S/C18H23N5OS/c1-12-5-2-3-6-14(12)11-25-18-21-15(19)9-16(22-18)23-8-4-7-13(10-23)17(20)24/h2-3,5-6,9,13H,4,7-8,10-11H2,1H3,(H2,20,24)(H2,19,21,22)/t13-/m1/s1. The summed E-state index contributed by atoms with van der Waals surface area (Å²) in [5, 5.41) is 0.652. The van der Waals surface area contributed by atoms with Crippen molar-refractivity contribution in [1.82, 2.24) is 9.97 Å². The van der Waals surface area contributed by atoms with E-state index < -0.39 is 0 Å². The quantitative estimate of drug-likeness (QED) is 0.630. The lowest BCUT2D eigenvalue weighted by molar-refractivity contribution is -0.122. The number of aryl methyl sites for hydroxylation is 1. The Morgan fingerprint density at radius 2 is 2.16 bits per heavy atom. The Morgan fingerprint density at radius 3 is 2.92 bits per heavy atom. The molecule has 4 N–H and O–H groups in total. The van der Waals surface area contributed by atoms with E-state index in [9.17, 15) is 4.79 Å². The summed E-state index contributed by atoms with van der Waals surface area (Å²) in [5.74, 6) is 1.62. The Labute approximate surface area is 152 Å². The second-order valence-corrected chi connectivity index (χ2v) is 7.28. The van der Waals surface area contributed by atoms with E-state index in [0.717, 1.165) is 31.0 Å². The van der Waals surface area contributed by atoms with Gasteiger partial charge >= 0.3 is 0 Å². The maximum absolute atomic E-state index is 11.5. The molecule has 1 fully saturated rings. The van der Waals surface area contributed by atoms with Crippen LogP contribution < -0.4 is 16.4 Å². The highest BCUT2D eigenvalue weighted by Gasteiger charge is 2.25. The van der Waals surface area contributed by atoms with Crippen LogP contribution in [0.15, 0.2) is 35.5 Å². The van der Waals surface area contributed by atoms with Crippen LogP contribution >= 0.6 is 11.8 Å². The molecule has 0 radical (unpaired) electrons. The number of anilines is 2. The third-order valence-electron chi connectivity index (χ3n) is 4.48. The average molecular weight is 357 g/mol. The summed E-state index contributed by atoms with van der Waals surface area (Å²) in [6.45, 7) is 3.54. The molecule has 132 valence electrons. The van der Waals surface area contributed by atoms with Crippen LogP contribution in [0.1, 0.15) is 24.0 Å². The molecule has 6 nitrogen and oxygen atoms in total. The summed E-state index contributed by atoms with van der Waals surface area (Å²) in [4.78, 5) is 22.5. The van der Waals surface area contributed by atoms with Gasteiger partial charge in [-0.15, -0.1) is 0 Å². The van der Waals surface area contributed by atoms with Gasteiger partial charge in [-0.05, 0) is 30.9 Å². The Kier molecular flexibility index (Phi) is 5.43. The molecule has 2 heterocycles. The van der Waals surface area contributed by atoms with Crippen molar-refractivity contribution >= 4 is 29.3 Å². The SMILES string of the molecule is Cc1ccccc1CSc1nc(N)cc(N2CCC[C@@H](C(N)=O)C2)n1. The second-order valence-electron chi connectivity index (χ2n) is 6.34. The number of hydrogen-bond acceptors (Lipinski definition) is 6. The topological polar surface area (TPSA) is 98.1 Å². The van der Waals surface area contributed by atoms with Crippen LogP contribution in [0.3, 0.4) is 0 Å². The first-order valence-corrected chi connectivity index (χ1v) is 9.37. The summed E-state index contributed by atoms with van der Waals surface area (Å²) in [5.41, 5.74) is 13.9. The molecule has 1 saturated heterocycles. The number of carbonyl (C=O) groups is 1. The Morgan fingerprint density at radius 1 is 1.36 bits per heavy atom. The van der Waals surface area contributed by atoms with Crippen molar-refractivity contribution in [1.29, 1.82) is 0 Å². The van der Waals surface area contributed by atoms with Gasteiger partial charge in [0.25, 0.3) is 0 Å². The molecule has 1 aromatic heterocycles. The summed E-state index contributed by atoms with van der Waals surface area (Å²) < 4.78 is 0. The van der Waals surface area contributed by atoms with Crippen LogP contribution in [0.2, 0.25) is 0 Å². The van der Waals surface area contributed by atoms with Crippen molar-refractivity contribution in [3.63, 3.8) is 0 Å². The van der Waals surface area contributed by atoms with Gasteiger partial charge in [0.1, 0.15) is 11.6 Å². The molecule has 7 heteroatoms. The molecular weight excluding hydrogens is 334 g/mol. The van der Waals surface area contributed by atoms with E-state index >= 15 is 0 Å². The van der Waals surface area contributed by atoms with E-state index in [-0.39, 0.29) is 11.8 Å². The van der Waals surface area contributed by atoms with Gasteiger partial charge in [-0.25, -0.2) is 9.97 Å². The Hall–Kier alpha value is -2.28. The van der Waals surface area contributed by atoms with Crippen LogP contribution in [-0.2, 0) is 10.5 Å². The fourth-order valence-corrected chi connectivity index (χ4v) is 3.93. The minimum atomic E-state index is -0.249. The van der Waals surface area contributed by atoms with Gasteiger partial charge in [-0.3, -0.25) is 4.79 Å². The first-order chi connectivity index (χ1) is 12.0. The zero-order valence-electron chi connectivity index (χ0n) is 14.3. The van der Waals surface area contributed by atoms with Gasteiger partial charge in [0.05, 0.1) is 5.92 Å². The number of nitrogen functional groups attached to an aromatic ring is 1. The number of benzene rings is 1. The van der Waals surface area contributed by atoms with E-state index in [1.54, 1.807) is 17.8 Å². The van der Waals surface area contributed by atoms with Crippen molar-refractivity contribution in [2.75, 3.05) is 23.7 Å². The number of aromatic nitrogens is 2. The fourth-order valence-electron chi connectivity index (χ4n) is 2.99. The zero-order valence-corrected chi connectivity index (χ0v) is 15.1. The van der Waals surface area contributed by atoms with E-state index in [4.69, 9.17) is 11.5 Å². The minimum absolute atomic E-state index is 0.131. The number of piperidine rings is 1. The summed E-state index contributed by atoms with van der Waals surface area (Å²) in [7, 11) is 0. The van der Waals surface area contributed by atoms with Crippen LogP contribution in [0, 0.1) is 12.8 Å². The highest BCUT2D eigenvalue weighted by atomic mass is 32.2. The Balaban J connectivity index is 1.74. The smallest absolute Gasteiger partial charge is 0.222 e.